The first-order valence-electron chi connectivity index (χ1n) is 9.53. The summed E-state index contributed by atoms with van der Waals surface area (Å²) in [7, 11) is 0. The molecule has 3 aromatic carbocycles. The minimum Gasteiger partial charge on any atom is -0.441 e. The van der Waals surface area contributed by atoms with Gasteiger partial charge in [-0.1, -0.05) is 60.7 Å². The van der Waals surface area contributed by atoms with Crippen LogP contribution in [0.1, 0.15) is 16.7 Å². The van der Waals surface area contributed by atoms with E-state index < -0.39 is 34.9 Å². The second-order valence-electron chi connectivity index (χ2n) is 7.11. The molecule has 7 heteroatoms. The van der Waals surface area contributed by atoms with Crippen LogP contribution in [0.5, 0.6) is 0 Å². The van der Waals surface area contributed by atoms with E-state index in [1.165, 1.54) is 0 Å². The fraction of sp³-hybridized carbons (Fsp3) is 0.0800. The first kappa shape index (κ1) is 21.5. The van der Waals surface area contributed by atoms with Crippen molar-refractivity contribution >= 4 is 17.1 Å². The molecule has 0 aliphatic carbocycles. The summed E-state index contributed by atoms with van der Waals surface area (Å²) in [6, 6.07) is 18.8. The van der Waals surface area contributed by atoms with Crippen molar-refractivity contribution in [3.63, 3.8) is 0 Å². The molecule has 4 rings (SSSR count). The minimum absolute atomic E-state index is 0.00708. The van der Waals surface area contributed by atoms with Crippen LogP contribution in [0, 0.1) is 11.6 Å². The summed E-state index contributed by atoms with van der Waals surface area (Å²) in [5.41, 5.74) is -1.92. The molecule has 1 heterocycles. The van der Waals surface area contributed by atoms with E-state index in [0.29, 0.717) is 23.3 Å². The number of carbonyl (C=O) groups is 1. The lowest BCUT2D eigenvalue weighted by molar-refractivity contribution is -0.142. The van der Waals surface area contributed by atoms with Gasteiger partial charge in [-0.2, -0.15) is 13.2 Å². The Morgan fingerprint density at radius 1 is 0.812 bits per heavy atom. The van der Waals surface area contributed by atoms with Gasteiger partial charge in [0.25, 0.3) is 0 Å². The first-order chi connectivity index (χ1) is 15.2. The number of allylic oxidation sites excluding steroid dienone is 1. The predicted octanol–water partition coefficient (Wildman–Crippen LogP) is 6.45. The molecule has 32 heavy (non-hydrogen) atoms. The lowest BCUT2D eigenvalue weighted by Crippen LogP contribution is -2.28. The number of carbonyl (C=O) groups excluding carboxylic acids is 1. The van der Waals surface area contributed by atoms with Gasteiger partial charge in [-0.25, -0.2) is 13.6 Å². The lowest BCUT2D eigenvalue weighted by atomic mass is 9.79. The highest BCUT2D eigenvalue weighted by Gasteiger charge is 2.50. The fourth-order valence-electron chi connectivity index (χ4n) is 3.77. The van der Waals surface area contributed by atoms with Gasteiger partial charge in [-0.15, -0.1) is 0 Å². The average molecular weight is 442 g/mol. The van der Waals surface area contributed by atoms with E-state index >= 15 is 0 Å². The molecule has 2 nitrogen and oxygen atoms in total. The third-order valence-corrected chi connectivity index (χ3v) is 5.04. The van der Waals surface area contributed by atoms with Gasteiger partial charge < -0.3 is 4.74 Å². The maximum Gasteiger partial charge on any atom is 0.409 e. The van der Waals surface area contributed by atoms with Crippen LogP contribution in [0.3, 0.4) is 0 Å². The van der Waals surface area contributed by atoms with Crippen LogP contribution in [0.2, 0.25) is 0 Å². The number of cyclic esters (lactones) is 1. The topological polar surface area (TPSA) is 26.3 Å². The molecule has 162 valence electrons. The number of alkyl halides is 3. The third kappa shape index (κ3) is 3.93. The SMILES string of the molecule is O=C1O[C@](/C=C/C(F)(F)F)(c2ccc(F)cc2F)C(c2ccccc2)=C1c1ccccc1. The number of benzene rings is 3. The molecule has 0 radical (unpaired) electrons. The van der Waals surface area contributed by atoms with E-state index in [4.69, 9.17) is 4.74 Å². The van der Waals surface area contributed by atoms with Crippen molar-refractivity contribution in [2.45, 2.75) is 11.8 Å². The first-order valence-corrected chi connectivity index (χ1v) is 9.53. The quantitative estimate of drug-likeness (QED) is 0.264. The zero-order valence-corrected chi connectivity index (χ0v) is 16.4. The highest BCUT2D eigenvalue weighted by atomic mass is 19.4. The van der Waals surface area contributed by atoms with Gasteiger partial charge in [0.2, 0.25) is 0 Å². The van der Waals surface area contributed by atoms with E-state index in [1.54, 1.807) is 60.7 Å². The van der Waals surface area contributed by atoms with Gasteiger partial charge in [0, 0.05) is 23.3 Å². The molecule has 0 unspecified atom stereocenters. The van der Waals surface area contributed by atoms with Crippen molar-refractivity contribution < 1.29 is 31.5 Å². The van der Waals surface area contributed by atoms with E-state index in [1.807, 2.05) is 0 Å². The molecule has 0 amide bonds. The Labute approximate surface area is 180 Å². The Bertz CT molecular complexity index is 1210. The Hall–Kier alpha value is -3.74. The van der Waals surface area contributed by atoms with Crippen LogP contribution in [0.25, 0.3) is 11.1 Å². The molecule has 0 N–H and O–H groups in total. The van der Waals surface area contributed by atoms with Gasteiger partial charge in [0.05, 0.1) is 5.57 Å². The van der Waals surface area contributed by atoms with Gasteiger partial charge in [0.15, 0.2) is 5.60 Å². The fourth-order valence-corrected chi connectivity index (χ4v) is 3.77. The highest BCUT2D eigenvalue weighted by molar-refractivity contribution is 6.29. The van der Waals surface area contributed by atoms with Gasteiger partial charge in [-0.05, 0) is 29.3 Å². The average Bonchev–Trinajstić information content (AvgIpc) is 3.06. The van der Waals surface area contributed by atoms with Gasteiger partial charge in [0.1, 0.15) is 11.6 Å². The summed E-state index contributed by atoms with van der Waals surface area (Å²) in [5, 5.41) is 0. The van der Waals surface area contributed by atoms with Crippen molar-refractivity contribution in [1.82, 2.24) is 0 Å². The molecule has 0 bridgehead atoms. The molecular weight excluding hydrogens is 427 g/mol. The van der Waals surface area contributed by atoms with Crippen molar-refractivity contribution in [3.05, 3.63) is 119 Å². The number of esters is 1. The number of hydrogen-bond donors (Lipinski definition) is 0. The van der Waals surface area contributed by atoms with Crippen LogP contribution >= 0.6 is 0 Å². The van der Waals surface area contributed by atoms with Crippen LogP contribution in [0.4, 0.5) is 22.0 Å². The molecule has 1 aliphatic heterocycles. The summed E-state index contributed by atoms with van der Waals surface area (Å²) in [5.74, 6) is -2.99. The van der Waals surface area contributed by atoms with E-state index in [9.17, 15) is 26.7 Å². The van der Waals surface area contributed by atoms with Gasteiger partial charge in [-0.3, -0.25) is 0 Å². The van der Waals surface area contributed by atoms with Crippen LogP contribution in [-0.4, -0.2) is 12.1 Å². The Morgan fingerprint density at radius 2 is 1.41 bits per heavy atom. The molecule has 0 saturated carbocycles. The second-order valence-corrected chi connectivity index (χ2v) is 7.11. The summed E-state index contributed by atoms with van der Waals surface area (Å²) in [6.45, 7) is 0. The normalized spacial score (nSPS) is 19.0. The Balaban J connectivity index is 2.11. The number of hydrogen-bond acceptors (Lipinski definition) is 2. The van der Waals surface area contributed by atoms with Crippen molar-refractivity contribution in [1.29, 1.82) is 0 Å². The summed E-state index contributed by atoms with van der Waals surface area (Å²) < 4.78 is 73.7. The van der Waals surface area contributed by atoms with Crippen molar-refractivity contribution in [2.75, 3.05) is 0 Å². The smallest absolute Gasteiger partial charge is 0.409 e. The number of ether oxygens (including phenoxy) is 1. The molecule has 0 spiro atoms. The maximum atomic E-state index is 14.9. The lowest BCUT2D eigenvalue weighted by Gasteiger charge is -2.29. The van der Waals surface area contributed by atoms with E-state index in [-0.39, 0.29) is 17.2 Å². The summed E-state index contributed by atoms with van der Waals surface area (Å²) in [6.07, 6.45) is -4.29. The van der Waals surface area contributed by atoms with Crippen LogP contribution in [-0.2, 0) is 15.1 Å². The number of halogens is 5. The van der Waals surface area contributed by atoms with E-state index in [2.05, 4.69) is 0 Å². The molecule has 3 aromatic rings. The van der Waals surface area contributed by atoms with Crippen LogP contribution in [0.15, 0.2) is 91.0 Å². The Kier molecular flexibility index (Phi) is 5.42. The minimum atomic E-state index is -4.77. The highest BCUT2D eigenvalue weighted by Crippen LogP contribution is 2.52. The molecule has 1 atom stereocenters. The third-order valence-electron chi connectivity index (χ3n) is 5.04. The largest absolute Gasteiger partial charge is 0.441 e. The summed E-state index contributed by atoms with van der Waals surface area (Å²) >= 11 is 0. The standard InChI is InChI=1S/C25H15F5O2/c26-18-11-12-19(20(27)15-18)24(13-14-25(28,29)30)22(17-9-5-2-6-10-17)21(23(31)32-24)16-7-3-1-4-8-16/h1-15H/b14-13+/t24-/m1/s1. The monoisotopic (exact) mass is 442 g/mol. The van der Waals surface area contributed by atoms with Crippen molar-refractivity contribution in [3.8, 4) is 0 Å². The molecule has 0 saturated heterocycles. The van der Waals surface area contributed by atoms with Gasteiger partial charge >= 0.3 is 12.1 Å². The van der Waals surface area contributed by atoms with Crippen molar-refractivity contribution in [2.24, 2.45) is 0 Å². The molecular formula is C25H15F5O2. The second kappa shape index (κ2) is 8.07. The predicted molar refractivity (Wildman–Crippen MR) is 109 cm³/mol. The van der Waals surface area contributed by atoms with Crippen LogP contribution < -0.4 is 0 Å². The molecule has 0 aromatic heterocycles. The zero-order chi connectivity index (χ0) is 22.9. The maximum absolute atomic E-state index is 14.9. The zero-order valence-electron chi connectivity index (χ0n) is 16.4. The summed E-state index contributed by atoms with van der Waals surface area (Å²) in [4.78, 5) is 13.1. The molecule has 0 fully saturated rings. The Morgan fingerprint density at radius 3 is 1.97 bits per heavy atom. The van der Waals surface area contributed by atoms with E-state index in [0.717, 1.165) is 12.1 Å². The number of rotatable bonds is 4. The molecule has 1 aliphatic rings.